The molecule has 202 valence electrons. The Morgan fingerprint density at radius 1 is 0.471 bits per heavy atom. The van der Waals surface area contributed by atoms with Gasteiger partial charge in [0.25, 0.3) is 0 Å². The van der Waals surface area contributed by atoms with E-state index >= 15 is 0 Å². The van der Waals surface area contributed by atoms with Gasteiger partial charge >= 0.3 is 5.97 Å². The maximum atomic E-state index is 10.7. The summed E-state index contributed by atoms with van der Waals surface area (Å²) in [7, 11) is 0. The molecule has 0 aromatic carbocycles. The van der Waals surface area contributed by atoms with Crippen LogP contribution in [0.4, 0.5) is 0 Å². The first-order valence-corrected chi connectivity index (χ1v) is 15.6. The Kier molecular flexibility index (Phi) is 29.5. The highest BCUT2D eigenvalue weighted by atomic mass is 16.5. The van der Waals surface area contributed by atoms with Crippen molar-refractivity contribution in [2.45, 2.75) is 181 Å². The van der Waals surface area contributed by atoms with Gasteiger partial charge in [-0.3, -0.25) is 4.79 Å². The maximum Gasteiger partial charge on any atom is 0.302 e. The average Bonchev–Trinajstić information content (AvgIpc) is 2.83. The summed E-state index contributed by atoms with van der Waals surface area (Å²) >= 11 is 0. The van der Waals surface area contributed by atoms with Crippen LogP contribution in [0.15, 0.2) is 12.2 Å². The number of ether oxygens (including phenoxy) is 1. The van der Waals surface area contributed by atoms with Gasteiger partial charge in [0, 0.05) is 6.92 Å². The number of carbonyl (C=O) groups excluding carboxylic acids is 1. The summed E-state index contributed by atoms with van der Waals surface area (Å²) in [6.07, 6.45) is 40.8. The first-order chi connectivity index (χ1) is 16.8. The molecule has 34 heavy (non-hydrogen) atoms. The van der Waals surface area contributed by atoms with E-state index in [2.05, 4.69) is 19.1 Å². The molecule has 0 heterocycles. The van der Waals surface area contributed by atoms with Gasteiger partial charge in [0.05, 0.1) is 6.61 Å². The van der Waals surface area contributed by atoms with Gasteiger partial charge in [-0.25, -0.2) is 0 Å². The van der Waals surface area contributed by atoms with Crippen LogP contribution in [0.25, 0.3) is 0 Å². The van der Waals surface area contributed by atoms with E-state index in [1.807, 2.05) is 0 Å². The summed E-state index contributed by atoms with van der Waals surface area (Å²) in [6, 6.07) is 0. The van der Waals surface area contributed by atoms with Crippen LogP contribution in [0.3, 0.4) is 0 Å². The number of unbranched alkanes of at least 4 members (excludes halogenated alkanes) is 24. The summed E-state index contributed by atoms with van der Waals surface area (Å²) in [5.41, 5.74) is 0. The van der Waals surface area contributed by atoms with Gasteiger partial charge in [0.1, 0.15) is 0 Å². The van der Waals surface area contributed by atoms with Crippen molar-refractivity contribution in [3.8, 4) is 0 Å². The van der Waals surface area contributed by atoms with E-state index in [9.17, 15) is 4.79 Å². The van der Waals surface area contributed by atoms with Crippen molar-refractivity contribution in [1.29, 1.82) is 0 Å². The fraction of sp³-hybridized carbons (Fsp3) is 0.906. The Hall–Kier alpha value is -0.790. The Morgan fingerprint density at radius 3 is 1.09 bits per heavy atom. The smallest absolute Gasteiger partial charge is 0.302 e. The number of rotatable bonds is 28. The van der Waals surface area contributed by atoms with Crippen LogP contribution in [0.2, 0.25) is 0 Å². The lowest BCUT2D eigenvalue weighted by Crippen LogP contribution is -2.00. The normalized spacial score (nSPS) is 11.5. The number of esters is 1. The monoisotopic (exact) mass is 478 g/mol. The van der Waals surface area contributed by atoms with E-state index in [1.54, 1.807) is 0 Å². The van der Waals surface area contributed by atoms with E-state index in [4.69, 9.17) is 4.74 Å². The average molecular weight is 479 g/mol. The van der Waals surface area contributed by atoms with Crippen molar-refractivity contribution in [3.63, 3.8) is 0 Å². The minimum atomic E-state index is -0.153. The molecule has 0 radical (unpaired) electrons. The van der Waals surface area contributed by atoms with Gasteiger partial charge in [-0.15, -0.1) is 0 Å². The molecule has 0 aromatic heterocycles. The molecule has 2 nitrogen and oxygen atoms in total. The summed E-state index contributed by atoms with van der Waals surface area (Å²) in [6.45, 7) is 4.38. The largest absolute Gasteiger partial charge is 0.466 e. The van der Waals surface area contributed by atoms with Crippen LogP contribution >= 0.6 is 0 Å². The van der Waals surface area contributed by atoms with E-state index < -0.39 is 0 Å². The number of hydrogen-bond donors (Lipinski definition) is 0. The molecular formula is C32H62O2. The fourth-order valence-electron chi connectivity index (χ4n) is 4.69. The van der Waals surface area contributed by atoms with Crippen LogP contribution in [0.1, 0.15) is 181 Å². The standard InChI is InChI=1S/C32H62O2/c1-3-4-5-6-7-8-9-10-11-12-13-14-15-16-17-18-19-20-21-22-23-24-25-26-27-28-29-30-31-34-32(2)33/h19-20H,3-18,21-31H2,1-2H3. The molecule has 0 saturated heterocycles. The second kappa shape index (κ2) is 30.2. The second-order valence-electron chi connectivity index (χ2n) is 10.5. The molecular weight excluding hydrogens is 416 g/mol. The third-order valence-electron chi connectivity index (χ3n) is 6.96. The molecule has 0 bridgehead atoms. The summed E-state index contributed by atoms with van der Waals surface area (Å²) in [5, 5.41) is 0. The molecule has 0 amide bonds. The third-order valence-corrected chi connectivity index (χ3v) is 6.96. The first kappa shape index (κ1) is 33.2. The van der Waals surface area contributed by atoms with Crippen LogP contribution in [-0.4, -0.2) is 12.6 Å². The van der Waals surface area contributed by atoms with Crippen molar-refractivity contribution in [2.75, 3.05) is 6.61 Å². The molecule has 0 aliphatic heterocycles. The quantitative estimate of drug-likeness (QED) is 0.0634. The van der Waals surface area contributed by atoms with E-state index in [-0.39, 0.29) is 5.97 Å². The second-order valence-corrected chi connectivity index (χ2v) is 10.5. The molecule has 0 aliphatic carbocycles. The Balaban J connectivity index is 3.08. The molecule has 0 atom stereocenters. The lowest BCUT2D eigenvalue weighted by Gasteiger charge is -2.03. The molecule has 2 heteroatoms. The number of allylic oxidation sites excluding steroid dienone is 2. The highest BCUT2D eigenvalue weighted by Gasteiger charge is 1.96. The van der Waals surface area contributed by atoms with Crippen molar-refractivity contribution >= 4 is 5.97 Å². The minimum absolute atomic E-state index is 0.153. The van der Waals surface area contributed by atoms with Crippen LogP contribution in [0.5, 0.6) is 0 Å². The minimum Gasteiger partial charge on any atom is -0.466 e. The van der Waals surface area contributed by atoms with Gasteiger partial charge in [-0.2, -0.15) is 0 Å². The lowest BCUT2D eigenvalue weighted by atomic mass is 10.0. The van der Waals surface area contributed by atoms with Crippen LogP contribution in [-0.2, 0) is 9.53 Å². The van der Waals surface area contributed by atoms with Gasteiger partial charge in [-0.05, 0) is 32.1 Å². The number of carbonyl (C=O) groups is 1. The van der Waals surface area contributed by atoms with E-state index in [0.717, 1.165) is 6.42 Å². The Bertz CT molecular complexity index is 415. The first-order valence-electron chi connectivity index (χ1n) is 15.6. The molecule has 0 saturated carbocycles. The predicted octanol–water partition coefficient (Wildman–Crippen LogP) is 11.3. The highest BCUT2D eigenvalue weighted by Crippen LogP contribution is 2.14. The SMILES string of the molecule is CCCCCCCCCCCCCCCCCC=CCCCCCCCCCCCOC(C)=O. The van der Waals surface area contributed by atoms with Crippen LogP contribution in [0, 0.1) is 0 Å². The fourth-order valence-corrected chi connectivity index (χ4v) is 4.69. The molecule has 0 rings (SSSR count). The molecule has 0 spiro atoms. The lowest BCUT2D eigenvalue weighted by molar-refractivity contribution is -0.141. The predicted molar refractivity (Wildman–Crippen MR) is 151 cm³/mol. The Morgan fingerprint density at radius 2 is 0.765 bits per heavy atom. The van der Waals surface area contributed by atoms with Crippen molar-refractivity contribution in [1.82, 2.24) is 0 Å². The summed E-state index contributed by atoms with van der Waals surface area (Å²) in [4.78, 5) is 10.7. The zero-order valence-electron chi connectivity index (χ0n) is 23.6. The molecule has 0 fully saturated rings. The van der Waals surface area contributed by atoms with E-state index in [0.29, 0.717) is 6.61 Å². The zero-order valence-corrected chi connectivity index (χ0v) is 23.6. The summed E-state index contributed by atoms with van der Waals surface area (Å²) in [5.74, 6) is -0.153. The van der Waals surface area contributed by atoms with Crippen LogP contribution < -0.4 is 0 Å². The zero-order chi connectivity index (χ0) is 24.8. The van der Waals surface area contributed by atoms with E-state index in [1.165, 1.54) is 167 Å². The molecule has 0 aromatic rings. The van der Waals surface area contributed by atoms with Gasteiger partial charge < -0.3 is 4.74 Å². The maximum absolute atomic E-state index is 10.7. The van der Waals surface area contributed by atoms with Crippen molar-refractivity contribution < 1.29 is 9.53 Å². The van der Waals surface area contributed by atoms with Crippen molar-refractivity contribution in [3.05, 3.63) is 12.2 Å². The molecule has 0 aliphatic rings. The topological polar surface area (TPSA) is 26.3 Å². The summed E-state index contributed by atoms with van der Waals surface area (Å²) < 4.78 is 4.96. The highest BCUT2D eigenvalue weighted by molar-refractivity contribution is 5.65. The Labute approximate surface area is 215 Å². The van der Waals surface area contributed by atoms with Crippen molar-refractivity contribution in [2.24, 2.45) is 0 Å². The van der Waals surface area contributed by atoms with Gasteiger partial charge in [-0.1, -0.05) is 154 Å². The number of hydrogen-bond acceptors (Lipinski definition) is 2. The van der Waals surface area contributed by atoms with Gasteiger partial charge in [0.2, 0.25) is 0 Å². The van der Waals surface area contributed by atoms with Gasteiger partial charge in [0.15, 0.2) is 0 Å². The molecule has 0 N–H and O–H groups in total. The molecule has 0 unspecified atom stereocenters. The third kappa shape index (κ3) is 31.2.